The van der Waals surface area contributed by atoms with Crippen molar-refractivity contribution < 1.29 is 9.36 Å². The van der Waals surface area contributed by atoms with Crippen LogP contribution in [0.1, 0.15) is 29.5 Å². The third-order valence-electron chi connectivity index (χ3n) is 3.65. The van der Waals surface area contributed by atoms with Crippen molar-refractivity contribution in [3.63, 3.8) is 0 Å². The fraction of sp³-hybridized carbons (Fsp3) is 0.429. The Bertz CT molecular complexity index is 547. The molecule has 1 aromatic carbocycles. The zero-order chi connectivity index (χ0) is 13.2. The molecule has 0 heterocycles. The van der Waals surface area contributed by atoms with E-state index in [-0.39, 0.29) is 26.8 Å². The van der Waals surface area contributed by atoms with Gasteiger partial charge in [-0.2, -0.15) is 5.26 Å². The molecule has 0 spiro atoms. The van der Waals surface area contributed by atoms with Crippen molar-refractivity contribution in [1.82, 2.24) is 0 Å². The highest BCUT2D eigenvalue weighted by Crippen LogP contribution is 2.40. The molecule has 1 unspecified atom stereocenters. The number of carbonyl (C=O) groups is 1. The molecule has 1 atom stereocenters. The SMILES string of the molecule is Cc1ccc2c(c1)C(CC#N)(CP=O)C(=O)CC2. The van der Waals surface area contributed by atoms with Crippen molar-refractivity contribution in [1.29, 1.82) is 5.26 Å². The molecule has 0 saturated heterocycles. The van der Waals surface area contributed by atoms with Gasteiger partial charge in [-0.15, -0.1) is 0 Å². The van der Waals surface area contributed by atoms with Crippen LogP contribution < -0.4 is 0 Å². The molecule has 18 heavy (non-hydrogen) atoms. The average molecular weight is 259 g/mol. The summed E-state index contributed by atoms with van der Waals surface area (Å²) in [4.78, 5) is 12.3. The summed E-state index contributed by atoms with van der Waals surface area (Å²) >= 11 is 0. The standard InChI is InChI=1S/C14H14NO2P/c1-10-2-3-11-4-5-13(16)14(6-7-15,9-18-17)12(11)8-10/h2-3,8H,4-6,9H2,1H3. The third kappa shape index (κ3) is 1.98. The van der Waals surface area contributed by atoms with E-state index >= 15 is 0 Å². The van der Waals surface area contributed by atoms with Crippen molar-refractivity contribution in [3.8, 4) is 6.07 Å². The third-order valence-corrected chi connectivity index (χ3v) is 4.32. The number of nitriles is 1. The van der Waals surface area contributed by atoms with Crippen LogP contribution in [0, 0.1) is 18.3 Å². The van der Waals surface area contributed by atoms with Crippen LogP contribution in [0.3, 0.4) is 0 Å². The number of nitrogens with zero attached hydrogens (tertiary/aromatic N) is 1. The zero-order valence-corrected chi connectivity index (χ0v) is 11.2. The maximum atomic E-state index is 12.3. The zero-order valence-electron chi connectivity index (χ0n) is 10.3. The summed E-state index contributed by atoms with van der Waals surface area (Å²) in [6, 6.07) is 8.09. The van der Waals surface area contributed by atoms with Crippen LogP contribution in [0.15, 0.2) is 18.2 Å². The summed E-state index contributed by atoms with van der Waals surface area (Å²) in [6.45, 7) is 1.96. The van der Waals surface area contributed by atoms with Gasteiger partial charge in [0.25, 0.3) is 0 Å². The Morgan fingerprint density at radius 2 is 2.22 bits per heavy atom. The van der Waals surface area contributed by atoms with E-state index in [1.807, 2.05) is 25.1 Å². The Balaban J connectivity index is 2.64. The van der Waals surface area contributed by atoms with Crippen LogP contribution in [-0.4, -0.2) is 11.9 Å². The molecule has 0 bridgehead atoms. The quantitative estimate of drug-likeness (QED) is 0.784. The van der Waals surface area contributed by atoms with Gasteiger partial charge in [0.2, 0.25) is 0 Å². The molecule has 0 N–H and O–H groups in total. The van der Waals surface area contributed by atoms with Crippen molar-refractivity contribution in [2.75, 3.05) is 6.16 Å². The normalized spacial score (nSPS) is 22.6. The van der Waals surface area contributed by atoms with Gasteiger partial charge in [-0.05, 0) is 24.5 Å². The molecule has 92 valence electrons. The summed E-state index contributed by atoms with van der Waals surface area (Å²) in [5.41, 5.74) is 2.22. The average Bonchev–Trinajstić information content (AvgIpc) is 2.35. The van der Waals surface area contributed by atoms with E-state index in [0.29, 0.717) is 6.42 Å². The highest BCUT2D eigenvalue weighted by molar-refractivity contribution is 7.23. The minimum absolute atomic E-state index is 0.0468. The van der Waals surface area contributed by atoms with Crippen LogP contribution >= 0.6 is 8.46 Å². The van der Waals surface area contributed by atoms with E-state index in [1.165, 1.54) is 0 Å². The number of benzene rings is 1. The maximum Gasteiger partial charge on any atom is 0.156 e. The lowest BCUT2D eigenvalue weighted by Crippen LogP contribution is -2.41. The summed E-state index contributed by atoms with van der Waals surface area (Å²) < 4.78 is 11.0. The molecule has 1 aliphatic rings. The van der Waals surface area contributed by atoms with E-state index in [1.54, 1.807) is 0 Å². The van der Waals surface area contributed by atoms with E-state index in [2.05, 4.69) is 6.07 Å². The van der Waals surface area contributed by atoms with Crippen molar-refractivity contribution in [3.05, 3.63) is 34.9 Å². The number of Topliss-reactive ketones (excluding diaryl/α,β-unsaturated/α-hetero) is 1. The predicted molar refractivity (Wildman–Crippen MR) is 68.9 cm³/mol. The summed E-state index contributed by atoms with van der Waals surface area (Å²) in [7, 11) is -0.0797. The molecular formula is C14H14NO2P. The molecule has 0 aromatic heterocycles. The number of carbonyl (C=O) groups excluding carboxylic acids is 1. The molecule has 0 radical (unpaired) electrons. The van der Waals surface area contributed by atoms with Crippen molar-refractivity contribution >= 4 is 14.2 Å². The molecule has 0 aliphatic heterocycles. The van der Waals surface area contributed by atoms with Crippen molar-refractivity contribution in [2.45, 2.75) is 31.6 Å². The fourth-order valence-corrected chi connectivity index (χ4v) is 3.34. The largest absolute Gasteiger partial charge is 0.299 e. The second-order valence-electron chi connectivity index (χ2n) is 4.79. The van der Waals surface area contributed by atoms with E-state index in [4.69, 9.17) is 5.26 Å². The van der Waals surface area contributed by atoms with Crippen LogP contribution in [0.4, 0.5) is 0 Å². The Morgan fingerprint density at radius 1 is 1.44 bits per heavy atom. The van der Waals surface area contributed by atoms with Gasteiger partial charge in [0.15, 0.2) is 8.46 Å². The summed E-state index contributed by atoms with van der Waals surface area (Å²) in [6.07, 6.45) is 1.47. The monoisotopic (exact) mass is 259 g/mol. The summed E-state index contributed by atoms with van der Waals surface area (Å²) in [5, 5.41) is 9.02. The highest BCUT2D eigenvalue weighted by Gasteiger charge is 2.43. The molecule has 1 aromatic rings. The molecule has 4 heteroatoms. The second-order valence-corrected chi connectivity index (χ2v) is 5.36. The number of hydrogen-bond acceptors (Lipinski definition) is 3. The highest BCUT2D eigenvalue weighted by atomic mass is 31.1. The predicted octanol–water partition coefficient (Wildman–Crippen LogP) is 2.95. The molecule has 1 aliphatic carbocycles. The lowest BCUT2D eigenvalue weighted by molar-refractivity contribution is -0.124. The van der Waals surface area contributed by atoms with E-state index < -0.39 is 5.41 Å². The molecule has 0 fully saturated rings. The first-order chi connectivity index (χ1) is 8.64. The minimum Gasteiger partial charge on any atom is -0.299 e. The lowest BCUT2D eigenvalue weighted by atomic mass is 9.68. The molecule has 3 nitrogen and oxygen atoms in total. The Morgan fingerprint density at radius 3 is 2.89 bits per heavy atom. The minimum atomic E-state index is -0.863. The van der Waals surface area contributed by atoms with Gasteiger partial charge in [0, 0.05) is 12.6 Å². The van der Waals surface area contributed by atoms with Gasteiger partial charge in [0.05, 0.1) is 17.9 Å². The molecule has 0 saturated carbocycles. The molecular weight excluding hydrogens is 245 g/mol. The second kappa shape index (κ2) is 5.00. The van der Waals surface area contributed by atoms with Crippen LogP contribution in [0.25, 0.3) is 0 Å². The number of rotatable bonds is 3. The fourth-order valence-electron chi connectivity index (χ4n) is 2.66. The number of fused-ring (bicyclic) bond motifs is 1. The smallest absolute Gasteiger partial charge is 0.156 e. The number of ketones is 1. The molecule has 0 amide bonds. The van der Waals surface area contributed by atoms with Gasteiger partial charge in [-0.25, -0.2) is 0 Å². The molecule has 2 rings (SSSR count). The summed E-state index contributed by atoms with van der Waals surface area (Å²) in [5.74, 6) is 0.0468. The van der Waals surface area contributed by atoms with Crippen LogP contribution in [-0.2, 0) is 21.2 Å². The Hall–Kier alpha value is -1.52. The van der Waals surface area contributed by atoms with Crippen LogP contribution in [0.2, 0.25) is 0 Å². The Kier molecular flexibility index (Phi) is 3.59. The van der Waals surface area contributed by atoms with Gasteiger partial charge >= 0.3 is 0 Å². The maximum absolute atomic E-state index is 12.3. The number of aryl methyl sites for hydroxylation is 2. The first-order valence-corrected chi connectivity index (χ1v) is 6.93. The van der Waals surface area contributed by atoms with Gasteiger partial charge in [-0.3, -0.25) is 9.36 Å². The first-order valence-electron chi connectivity index (χ1n) is 5.93. The first kappa shape index (κ1) is 12.9. The topological polar surface area (TPSA) is 57.9 Å². The van der Waals surface area contributed by atoms with Gasteiger partial charge in [-0.1, -0.05) is 23.8 Å². The number of hydrogen-bond donors (Lipinski definition) is 0. The van der Waals surface area contributed by atoms with Crippen LogP contribution in [0.5, 0.6) is 0 Å². The van der Waals surface area contributed by atoms with Gasteiger partial charge < -0.3 is 0 Å². The van der Waals surface area contributed by atoms with Crippen molar-refractivity contribution in [2.24, 2.45) is 0 Å². The lowest BCUT2D eigenvalue weighted by Gasteiger charge is -2.34. The van der Waals surface area contributed by atoms with E-state index in [9.17, 15) is 9.36 Å². The van der Waals surface area contributed by atoms with E-state index in [0.717, 1.165) is 23.1 Å². The van der Waals surface area contributed by atoms with Gasteiger partial charge in [0.1, 0.15) is 5.78 Å². The Labute approximate surface area is 108 Å².